The van der Waals surface area contributed by atoms with Crippen LogP contribution in [-0.2, 0) is 0 Å². The fourth-order valence-corrected chi connectivity index (χ4v) is 2.26. The van der Waals surface area contributed by atoms with E-state index < -0.39 is 5.91 Å². The molecule has 1 unspecified atom stereocenters. The van der Waals surface area contributed by atoms with Crippen molar-refractivity contribution in [2.75, 3.05) is 6.54 Å². The summed E-state index contributed by atoms with van der Waals surface area (Å²) in [5.74, 6) is -0.509. The Labute approximate surface area is 122 Å². The van der Waals surface area contributed by atoms with Gasteiger partial charge in [0.1, 0.15) is 0 Å². The first-order valence-electron chi connectivity index (χ1n) is 6.40. The number of carbonyl (C=O) groups is 1. The Morgan fingerprint density at radius 2 is 2.30 bits per heavy atom. The molecule has 0 aliphatic rings. The Bertz CT molecular complexity index is 623. The van der Waals surface area contributed by atoms with E-state index in [1.807, 2.05) is 18.2 Å². The summed E-state index contributed by atoms with van der Waals surface area (Å²) in [5, 5.41) is 8.00. The maximum atomic E-state index is 11.1. The number of nitrogens with zero attached hydrogens (tertiary/aromatic N) is 2. The molecule has 6 heteroatoms. The molecule has 2 aromatic rings. The van der Waals surface area contributed by atoms with Crippen LogP contribution in [0.2, 0.25) is 5.02 Å². The minimum atomic E-state index is -0.509. The number of nitrogens with two attached hydrogens (primary N) is 1. The van der Waals surface area contributed by atoms with Crippen LogP contribution in [-0.4, -0.2) is 22.2 Å². The zero-order valence-electron chi connectivity index (χ0n) is 11.4. The maximum absolute atomic E-state index is 11.1. The van der Waals surface area contributed by atoms with Crippen molar-refractivity contribution in [3.8, 4) is 5.69 Å². The normalized spacial score (nSPS) is 12.3. The number of halogens is 1. The molecule has 1 aromatic heterocycles. The van der Waals surface area contributed by atoms with Crippen LogP contribution in [0.4, 0.5) is 0 Å². The van der Waals surface area contributed by atoms with E-state index in [4.69, 9.17) is 17.3 Å². The van der Waals surface area contributed by atoms with Crippen LogP contribution in [0.5, 0.6) is 0 Å². The minimum Gasteiger partial charge on any atom is -0.366 e. The molecule has 1 amide bonds. The summed E-state index contributed by atoms with van der Waals surface area (Å²) in [4.78, 5) is 11.1. The van der Waals surface area contributed by atoms with E-state index >= 15 is 0 Å². The molecule has 0 spiro atoms. The third kappa shape index (κ3) is 3.00. The zero-order valence-corrected chi connectivity index (χ0v) is 12.2. The zero-order chi connectivity index (χ0) is 14.7. The number of primary amides is 1. The van der Waals surface area contributed by atoms with Crippen LogP contribution in [0.25, 0.3) is 5.69 Å². The molecule has 5 nitrogen and oxygen atoms in total. The lowest BCUT2D eigenvalue weighted by Gasteiger charge is -2.14. The second kappa shape index (κ2) is 6.07. The molecule has 1 atom stereocenters. The molecular weight excluding hydrogens is 276 g/mol. The highest BCUT2D eigenvalue weighted by Crippen LogP contribution is 2.24. The van der Waals surface area contributed by atoms with E-state index in [1.54, 1.807) is 10.9 Å². The molecule has 0 aliphatic heterocycles. The number of amides is 1. The van der Waals surface area contributed by atoms with E-state index in [-0.39, 0.29) is 6.04 Å². The van der Waals surface area contributed by atoms with E-state index in [0.29, 0.717) is 16.3 Å². The molecule has 0 radical (unpaired) electrons. The predicted octanol–water partition coefficient (Wildman–Crippen LogP) is 2.30. The van der Waals surface area contributed by atoms with Gasteiger partial charge in [0.15, 0.2) is 0 Å². The second-order valence-corrected chi connectivity index (χ2v) is 4.94. The Morgan fingerprint density at radius 1 is 1.55 bits per heavy atom. The van der Waals surface area contributed by atoms with Gasteiger partial charge < -0.3 is 11.1 Å². The summed E-state index contributed by atoms with van der Waals surface area (Å²) in [6, 6.07) is 5.99. The monoisotopic (exact) mass is 292 g/mol. The first-order valence-corrected chi connectivity index (χ1v) is 6.78. The van der Waals surface area contributed by atoms with Crippen molar-refractivity contribution in [2.24, 2.45) is 5.73 Å². The molecule has 0 saturated heterocycles. The van der Waals surface area contributed by atoms with Gasteiger partial charge in [-0.05, 0) is 31.2 Å². The lowest BCUT2D eigenvalue weighted by atomic mass is 10.1. The summed E-state index contributed by atoms with van der Waals surface area (Å²) in [6.07, 6.45) is 2.99. The summed E-state index contributed by atoms with van der Waals surface area (Å²) in [5.41, 5.74) is 7.37. The van der Waals surface area contributed by atoms with Crippen molar-refractivity contribution >= 4 is 17.5 Å². The number of aromatic nitrogens is 2. The molecule has 1 heterocycles. The van der Waals surface area contributed by atoms with Crippen LogP contribution in [0.15, 0.2) is 30.6 Å². The molecule has 0 fully saturated rings. The quantitative estimate of drug-likeness (QED) is 0.888. The fourth-order valence-electron chi connectivity index (χ4n) is 1.98. The largest absolute Gasteiger partial charge is 0.366 e. The molecule has 1 aromatic carbocycles. The Kier molecular flexibility index (Phi) is 4.42. The van der Waals surface area contributed by atoms with Gasteiger partial charge in [0.25, 0.3) is 5.91 Å². The van der Waals surface area contributed by atoms with E-state index in [1.165, 1.54) is 6.20 Å². The summed E-state index contributed by atoms with van der Waals surface area (Å²) >= 11 is 6.29. The van der Waals surface area contributed by atoms with Crippen LogP contribution < -0.4 is 11.1 Å². The smallest absolute Gasteiger partial charge is 0.251 e. The van der Waals surface area contributed by atoms with Gasteiger partial charge in [-0.1, -0.05) is 24.6 Å². The van der Waals surface area contributed by atoms with Crippen molar-refractivity contribution in [2.45, 2.75) is 19.9 Å². The number of hydrogen-bond donors (Lipinski definition) is 2. The summed E-state index contributed by atoms with van der Waals surface area (Å²) in [6.45, 7) is 5.02. The highest BCUT2D eigenvalue weighted by molar-refractivity contribution is 6.32. The third-order valence-corrected chi connectivity index (χ3v) is 3.40. The average Bonchev–Trinajstić information content (AvgIpc) is 2.88. The summed E-state index contributed by atoms with van der Waals surface area (Å²) < 4.78 is 1.55. The maximum Gasteiger partial charge on any atom is 0.251 e. The van der Waals surface area contributed by atoms with Gasteiger partial charge in [0.2, 0.25) is 0 Å². The highest BCUT2D eigenvalue weighted by atomic mass is 35.5. The molecular formula is C14H17ClN4O. The number of carbonyl (C=O) groups excluding carboxylic acids is 1. The van der Waals surface area contributed by atoms with Gasteiger partial charge in [0.05, 0.1) is 22.5 Å². The van der Waals surface area contributed by atoms with E-state index in [0.717, 1.165) is 12.1 Å². The summed E-state index contributed by atoms with van der Waals surface area (Å²) in [7, 11) is 0. The van der Waals surface area contributed by atoms with E-state index in [2.05, 4.69) is 24.3 Å². The predicted molar refractivity (Wildman–Crippen MR) is 79.2 cm³/mol. The molecule has 0 saturated carbocycles. The van der Waals surface area contributed by atoms with Crippen LogP contribution in [0.1, 0.15) is 35.8 Å². The standard InChI is InChI=1S/C14H17ClN4O/c1-3-17-9(2)10-4-5-13(12(15)6-10)19-8-11(7-18-19)14(16)20/h4-9,17H,3H2,1-2H3,(H2,16,20). The molecule has 2 rings (SSSR count). The van der Waals surface area contributed by atoms with Crippen molar-refractivity contribution in [3.63, 3.8) is 0 Å². The Morgan fingerprint density at radius 3 is 2.85 bits per heavy atom. The molecule has 0 aliphatic carbocycles. The van der Waals surface area contributed by atoms with Crippen molar-refractivity contribution < 1.29 is 4.79 Å². The minimum absolute atomic E-state index is 0.227. The van der Waals surface area contributed by atoms with Gasteiger partial charge in [-0.2, -0.15) is 5.10 Å². The Balaban J connectivity index is 2.31. The topological polar surface area (TPSA) is 72.9 Å². The van der Waals surface area contributed by atoms with Crippen molar-refractivity contribution in [3.05, 3.63) is 46.7 Å². The average molecular weight is 293 g/mol. The third-order valence-electron chi connectivity index (χ3n) is 3.10. The van der Waals surface area contributed by atoms with Gasteiger partial charge in [-0.25, -0.2) is 4.68 Å². The highest BCUT2D eigenvalue weighted by Gasteiger charge is 2.11. The van der Waals surface area contributed by atoms with Gasteiger partial charge >= 0.3 is 0 Å². The van der Waals surface area contributed by atoms with Gasteiger partial charge in [-0.3, -0.25) is 4.79 Å². The molecule has 20 heavy (non-hydrogen) atoms. The number of hydrogen-bond acceptors (Lipinski definition) is 3. The number of rotatable bonds is 5. The Hall–Kier alpha value is -1.85. The lowest BCUT2D eigenvalue weighted by Crippen LogP contribution is -2.17. The first-order chi connectivity index (χ1) is 9.52. The number of nitrogens with one attached hydrogen (secondary N) is 1. The van der Waals surface area contributed by atoms with Crippen LogP contribution in [0, 0.1) is 0 Å². The molecule has 0 bridgehead atoms. The fraction of sp³-hybridized carbons (Fsp3) is 0.286. The molecule has 3 N–H and O–H groups in total. The SMILES string of the molecule is CCNC(C)c1ccc(-n2cc(C(N)=O)cn2)c(Cl)c1. The second-order valence-electron chi connectivity index (χ2n) is 4.53. The van der Waals surface area contributed by atoms with Crippen LogP contribution in [0.3, 0.4) is 0 Å². The van der Waals surface area contributed by atoms with Crippen molar-refractivity contribution in [1.82, 2.24) is 15.1 Å². The van der Waals surface area contributed by atoms with Crippen LogP contribution >= 0.6 is 11.6 Å². The van der Waals surface area contributed by atoms with E-state index in [9.17, 15) is 4.79 Å². The van der Waals surface area contributed by atoms with Crippen molar-refractivity contribution in [1.29, 1.82) is 0 Å². The van der Waals surface area contributed by atoms with Gasteiger partial charge in [0, 0.05) is 12.2 Å². The number of benzene rings is 1. The lowest BCUT2D eigenvalue weighted by molar-refractivity contribution is 0.100. The molecule has 106 valence electrons. The van der Waals surface area contributed by atoms with Gasteiger partial charge in [-0.15, -0.1) is 0 Å². The first kappa shape index (κ1) is 14.6.